The summed E-state index contributed by atoms with van der Waals surface area (Å²) in [6, 6.07) is 12.5. The Hall–Kier alpha value is -1.80. The lowest BCUT2D eigenvalue weighted by atomic mass is 9.96. The molecule has 0 saturated heterocycles. The molecule has 0 heterocycles. The molecule has 2 heteroatoms. The zero-order chi connectivity index (χ0) is 23.2. The molecule has 0 aliphatic heterocycles. The second kappa shape index (κ2) is 15.1. The van der Waals surface area contributed by atoms with Crippen LogP contribution in [0.15, 0.2) is 47.4 Å². The van der Waals surface area contributed by atoms with Crippen molar-refractivity contribution >= 4 is 23.6 Å². The first kappa shape index (κ1) is 26.5. The standard InChI is InChI=1S/C30H42OS/c1-5-6-7-8-9-10-11-12-13-14-23-32-28-19-16-27(17-20-28)18-22-30(31)29-21-15-24(2)25(3)26(29)4/h15-22H,5-14,23H2,1-4H3/b22-18+. The SMILES string of the molecule is CCCCCCCCCCCCSc1ccc(/C=C/C(=O)c2ccc(C)c(C)c2C)cc1. The minimum atomic E-state index is 0.0741. The molecule has 0 bridgehead atoms. The largest absolute Gasteiger partial charge is 0.289 e. The number of hydrogen-bond acceptors (Lipinski definition) is 2. The molecule has 1 nitrogen and oxygen atoms in total. The molecular formula is C30H42OS. The fourth-order valence-corrected chi connectivity index (χ4v) is 4.85. The quantitative estimate of drug-likeness (QED) is 0.116. The summed E-state index contributed by atoms with van der Waals surface area (Å²) in [4.78, 5) is 13.9. The monoisotopic (exact) mass is 450 g/mol. The van der Waals surface area contributed by atoms with Crippen LogP contribution in [0.2, 0.25) is 0 Å². The maximum absolute atomic E-state index is 12.6. The van der Waals surface area contributed by atoms with Crippen molar-refractivity contribution in [3.63, 3.8) is 0 Å². The predicted molar refractivity (Wildman–Crippen MR) is 143 cm³/mol. The summed E-state index contributed by atoms with van der Waals surface area (Å²) in [6.07, 6.45) is 17.5. The highest BCUT2D eigenvalue weighted by atomic mass is 32.2. The predicted octanol–water partition coefficient (Wildman–Crippen LogP) is 9.52. The fourth-order valence-electron chi connectivity index (χ4n) is 3.94. The molecule has 32 heavy (non-hydrogen) atoms. The third kappa shape index (κ3) is 9.36. The van der Waals surface area contributed by atoms with Crippen LogP contribution in [-0.2, 0) is 0 Å². The lowest BCUT2D eigenvalue weighted by molar-refractivity contribution is 0.104. The van der Waals surface area contributed by atoms with Crippen molar-refractivity contribution in [3.8, 4) is 0 Å². The van der Waals surface area contributed by atoms with Gasteiger partial charge in [-0.2, -0.15) is 0 Å². The molecule has 0 unspecified atom stereocenters. The second-order valence-electron chi connectivity index (χ2n) is 8.98. The number of rotatable bonds is 15. The van der Waals surface area contributed by atoms with Crippen LogP contribution in [0, 0.1) is 20.8 Å². The lowest BCUT2D eigenvalue weighted by Crippen LogP contribution is -2.01. The van der Waals surface area contributed by atoms with Gasteiger partial charge in [0.25, 0.3) is 0 Å². The molecule has 0 aliphatic rings. The van der Waals surface area contributed by atoms with E-state index in [4.69, 9.17) is 0 Å². The molecule has 0 radical (unpaired) electrons. The number of aryl methyl sites for hydroxylation is 1. The minimum absolute atomic E-state index is 0.0741. The van der Waals surface area contributed by atoms with E-state index in [1.807, 2.05) is 36.9 Å². The number of thioether (sulfide) groups is 1. The summed E-state index contributed by atoms with van der Waals surface area (Å²) < 4.78 is 0. The number of hydrogen-bond donors (Lipinski definition) is 0. The zero-order valence-corrected chi connectivity index (χ0v) is 21.5. The topological polar surface area (TPSA) is 17.1 Å². The maximum Gasteiger partial charge on any atom is 0.186 e. The molecule has 2 aromatic carbocycles. The Labute approximate surface area is 201 Å². The van der Waals surface area contributed by atoms with Gasteiger partial charge in [0.2, 0.25) is 0 Å². The zero-order valence-electron chi connectivity index (χ0n) is 20.7. The Bertz CT molecular complexity index is 848. The Morgan fingerprint density at radius 1 is 0.750 bits per heavy atom. The molecule has 0 amide bonds. The first-order valence-electron chi connectivity index (χ1n) is 12.5. The molecule has 0 fully saturated rings. The van der Waals surface area contributed by atoms with Gasteiger partial charge in [-0.3, -0.25) is 4.79 Å². The van der Waals surface area contributed by atoms with E-state index in [1.165, 1.54) is 86.0 Å². The van der Waals surface area contributed by atoms with Gasteiger partial charge in [-0.15, -0.1) is 11.8 Å². The van der Waals surface area contributed by atoms with Crippen LogP contribution >= 0.6 is 11.8 Å². The van der Waals surface area contributed by atoms with E-state index in [9.17, 15) is 4.79 Å². The van der Waals surface area contributed by atoms with Gasteiger partial charge < -0.3 is 0 Å². The first-order valence-corrected chi connectivity index (χ1v) is 13.5. The highest BCUT2D eigenvalue weighted by molar-refractivity contribution is 7.99. The van der Waals surface area contributed by atoms with E-state index in [0.29, 0.717) is 0 Å². The van der Waals surface area contributed by atoms with Crippen molar-refractivity contribution in [2.24, 2.45) is 0 Å². The van der Waals surface area contributed by atoms with Crippen LogP contribution in [0.25, 0.3) is 6.08 Å². The van der Waals surface area contributed by atoms with Crippen LogP contribution in [0.1, 0.15) is 104 Å². The summed E-state index contributed by atoms with van der Waals surface area (Å²) in [5.41, 5.74) is 5.39. The van der Waals surface area contributed by atoms with Crippen LogP contribution in [0.5, 0.6) is 0 Å². The van der Waals surface area contributed by atoms with Gasteiger partial charge >= 0.3 is 0 Å². The van der Waals surface area contributed by atoms with Gasteiger partial charge in [0.15, 0.2) is 5.78 Å². The third-order valence-electron chi connectivity index (χ3n) is 6.40. The number of unbranched alkanes of at least 4 members (excludes halogenated alkanes) is 9. The van der Waals surface area contributed by atoms with Gasteiger partial charge in [-0.25, -0.2) is 0 Å². The molecule has 2 aromatic rings. The number of carbonyl (C=O) groups is 1. The summed E-state index contributed by atoms with van der Waals surface area (Å²) in [5, 5.41) is 0. The molecule has 174 valence electrons. The van der Waals surface area contributed by atoms with Crippen LogP contribution in [-0.4, -0.2) is 11.5 Å². The molecule has 0 aliphatic carbocycles. The Kier molecular flexibility index (Phi) is 12.5. The highest BCUT2D eigenvalue weighted by Crippen LogP contribution is 2.22. The van der Waals surface area contributed by atoms with Crippen molar-refractivity contribution in [1.82, 2.24) is 0 Å². The summed E-state index contributed by atoms with van der Waals surface area (Å²) in [6.45, 7) is 8.48. The highest BCUT2D eigenvalue weighted by Gasteiger charge is 2.09. The van der Waals surface area contributed by atoms with Crippen LogP contribution in [0.4, 0.5) is 0 Å². The van der Waals surface area contributed by atoms with Gasteiger partial charge in [0, 0.05) is 10.5 Å². The summed E-state index contributed by atoms with van der Waals surface area (Å²) >= 11 is 1.94. The average molecular weight is 451 g/mol. The van der Waals surface area contributed by atoms with E-state index in [-0.39, 0.29) is 5.78 Å². The molecule has 2 rings (SSSR count). The van der Waals surface area contributed by atoms with E-state index in [1.54, 1.807) is 6.08 Å². The van der Waals surface area contributed by atoms with Crippen molar-refractivity contribution in [2.45, 2.75) is 96.8 Å². The van der Waals surface area contributed by atoms with Gasteiger partial charge in [-0.1, -0.05) is 95.1 Å². The molecule has 0 N–H and O–H groups in total. The van der Waals surface area contributed by atoms with Crippen LogP contribution in [0.3, 0.4) is 0 Å². The average Bonchev–Trinajstić information content (AvgIpc) is 2.80. The molecular weight excluding hydrogens is 408 g/mol. The number of allylic oxidation sites excluding steroid dienone is 1. The smallest absolute Gasteiger partial charge is 0.186 e. The molecule has 0 spiro atoms. The Morgan fingerprint density at radius 3 is 1.97 bits per heavy atom. The number of ketones is 1. The van der Waals surface area contributed by atoms with E-state index < -0.39 is 0 Å². The van der Waals surface area contributed by atoms with Gasteiger partial charge in [-0.05, 0) is 73.4 Å². The number of benzene rings is 2. The minimum Gasteiger partial charge on any atom is -0.289 e. The molecule has 0 atom stereocenters. The summed E-state index contributed by atoms with van der Waals surface area (Å²) in [7, 11) is 0. The third-order valence-corrected chi connectivity index (χ3v) is 7.50. The lowest BCUT2D eigenvalue weighted by Gasteiger charge is -2.08. The normalized spacial score (nSPS) is 11.4. The Morgan fingerprint density at radius 2 is 1.34 bits per heavy atom. The van der Waals surface area contributed by atoms with Crippen LogP contribution < -0.4 is 0 Å². The van der Waals surface area contributed by atoms with Gasteiger partial charge in [0.05, 0.1) is 0 Å². The van der Waals surface area contributed by atoms with Crippen molar-refractivity contribution in [2.75, 3.05) is 5.75 Å². The molecule has 0 saturated carbocycles. The maximum atomic E-state index is 12.6. The van der Waals surface area contributed by atoms with Crippen molar-refractivity contribution in [1.29, 1.82) is 0 Å². The van der Waals surface area contributed by atoms with Crippen molar-refractivity contribution < 1.29 is 4.79 Å². The number of carbonyl (C=O) groups excluding carboxylic acids is 1. The Balaban J connectivity index is 1.66. The van der Waals surface area contributed by atoms with E-state index in [0.717, 1.165) is 16.7 Å². The fraction of sp³-hybridized carbons (Fsp3) is 0.500. The van der Waals surface area contributed by atoms with E-state index >= 15 is 0 Å². The molecule has 0 aromatic heterocycles. The second-order valence-corrected chi connectivity index (χ2v) is 10.1. The van der Waals surface area contributed by atoms with Gasteiger partial charge in [0.1, 0.15) is 0 Å². The first-order chi connectivity index (χ1) is 15.5. The van der Waals surface area contributed by atoms with E-state index in [2.05, 4.69) is 45.0 Å². The van der Waals surface area contributed by atoms with Crippen molar-refractivity contribution in [3.05, 3.63) is 70.3 Å². The summed E-state index contributed by atoms with van der Waals surface area (Å²) in [5.74, 6) is 1.26.